The third-order valence-corrected chi connectivity index (χ3v) is 4.96. The van der Waals surface area contributed by atoms with Gasteiger partial charge in [-0.05, 0) is 53.4 Å². The SMILES string of the molecule is CCCC1(CCC)NC(=O)N(CC(=O)Nc2ccc(C)cc2Br)C1=O. The molecule has 6 nitrogen and oxygen atoms in total. The van der Waals surface area contributed by atoms with E-state index in [1.54, 1.807) is 6.07 Å². The zero-order valence-electron chi connectivity index (χ0n) is 14.8. The Hall–Kier alpha value is -1.89. The number of benzene rings is 1. The van der Waals surface area contributed by atoms with Crippen molar-refractivity contribution in [3.05, 3.63) is 28.2 Å². The van der Waals surface area contributed by atoms with Crippen LogP contribution in [0, 0.1) is 6.92 Å². The predicted octanol–water partition coefficient (Wildman–Crippen LogP) is 3.59. The standard InChI is InChI=1S/C18H24BrN3O3/c1-4-8-18(9-5-2)16(24)22(17(25)21-18)11-15(23)20-14-7-6-12(3)10-13(14)19/h6-7,10H,4-5,8-9,11H2,1-3H3,(H,20,23)(H,21,25). The lowest BCUT2D eigenvalue weighted by molar-refractivity contribution is -0.134. The lowest BCUT2D eigenvalue weighted by Gasteiger charge is -2.25. The highest BCUT2D eigenvalue weighted by molar-refractivity contribution is 9.10. The van der Waals surface area contributed by atoms with Crippen molar-refractivity contribution in [3.63, 3.8) is 0 Å². The first-order chi connectivity index (χ1) is 11.8. The minimum Gasteiger partial charge on any atom is -0.323 e. The van der Waals surface area contributed by atoms with E-state index >= 15 is 0 Å². The summed E-state index contributed by atoms with van der Waals surface area (Å²) >= 11 is 3.40. The molecule has 2 rings (SSSR count). The van der Waals surface area contributed by atoms with Gasteiger partial charge >= 0.3 is 6.03 Å². The van der Waals surface area contributed by atoms with E-state index in [0.29, 0.717) is 18.5 Å². The van der Waals surface area contributed by atoms with Crippen LogP contribution >= 0.6 is 15.9 Å². The van der Waals surface area contributed by atoms with Crippen molar-refractivity contribution in [2.75, 3.05) is 11.9 Å². The van der Waals surface area contributed by atoms with Crippen LogP contribution < -0.4 is 10.6 Å². The molecule has 0 bridgehead atoms. The van der Waals surface area contributed by atoms with Gasteiger partial charge in [-0.25, -0.2) is 4.79 Å². The molecule has 1 aliphatic rings. The van der Waals surface area contributed by atoms with E-state index < -0.39 is 17.5 Å². The normalized spacial score (nSPS) is 16.1. The first-order valence-corrected chi connectivity index (χ1v) is 9.32. The van der Waals surface area contributed by atoms with Gasteiger partial charge in [0.2, 0.25) is 5.91 Å². The molecule has 0 radical (unpaired) electrons. The molecule has 1 heterocycles. The largest absolute Gasteiger partial charge is 0.325 e. The highest BCUT2D eigenvalue weighted by Crippen LogP contribution is 2.28. The van der Waals surface area contributed by atoms with Gasteiger partial charge in [0.1, 0.15) is 12.1 Å². The van der Waals surface area contributed by atoms with Crippen LogP contribution in [0.3, 0.4) is 0 Å². The first kappa shape index (κ1) is 19.4. The zero-order chi connectivity index (χ0) is 18.6. The van der Waals surface area contributed by atoms with Crippen molar-refractivity contribution in [2.45, 2.75) is 52.0 Å². The second kappa shape index (κ2) is 7.99. The summed E-state index contributed by atoms with van der Waals surface area (Å²) in [6.45, 7) is 5.60. The molecule has 4 amide bonds. The number of imide groups is 1. The van der Waals surface area contributed by atoms with E-state index in [-0.39, 0.29) is 12.5 Å². The Morgan fingerprint density at radius 2 is 1.88 bits per heavy atom. The van der Waals surface area contributed by atoms with Crippen LogP contribution in [0.4, 0.5) is 10.5 Å². The molecule has 0 saturated carbocycles. The molecule has 2 N–H and O–H groups in total. The van der Waals surface area contributed by atoms with Crippen LogP contribution in [0.5, 0.6) is 0 Å². The van der Waals surface area contributed by atoms with Crippen LogP contribution in [0.2, 0.25) is 0 Å². The quantitative estimate of drug-likeness (QED) is 0.675. The third kappa shape index (κ3) is 4.21. The van der Waals surface area contributed by atoms with Gasteiger partial charge in [0.15, 0.2) is 0 Å². The average Bonchev–Trinajstić information content (AvgIpc) is 2.75. The summed E-state index contributed by atoms with van der Waals surface area (Å²) in [6, 6.07) is 5.05. The molecule has 1 fully saturated rings. The van der Waals surface area contributed by atoms with Crippen molar-refractivity contribution in [2.24, 2.45) is 0 Å². The molecule has 136 valence electrons. The number of nitrogens with one attached hydrogen (secondary N) is 2. The fourth-order valence-electron chi connectivity index (χ4n) is 3.19. The molecule has 0 spiro atoms. The summed E-state index contributed by atoms with van der Waals surface area (Å²) in [5, 5.41) is 5.54. The Balaban J connectivity index is 2.09. The van der Waals surface area contributed by atoms with Gasteiger partial charge < -0.3 is 10.6 Å². The zero-order valence-corrected chi connectivity index (χ0v) is 16.4. The maximum absolute atomic E-state index is 12.8. The number of rotatable bonds is 7. The van der Waals surface area contributed by atoms with E-state index in [4.69, 9.17) is 0 Å². The lowest BCUT2D eigenvalue weighted by atomic mass is 9.88. The molecule has 0 atom stereocenters. The number of nitrogens with zero attached hydrogens (tertiary/aromatic N) is 1. The Labute approximate surface area is 156 Å². The molecule has 0 aromatic heterocycles. The predicted molar refractivity (Wildman–Crippen MR) is 100 cm³/mol. The van der Waals surface area contributed by atoms with Gasteiger partial charge in [0.05, 0.1) is 5.69 Å². The molecule has 1 aromatic carbocycles. The Morgan fingerprint density at radius 3 is 2.44 bits per heavy atom. The summed E-state index contributed by atoms with van der Waals surface area (Å²) in [5.41, 5.74) is 0.796. The molecular weight excluding hydrogens is 386 g/mol. The lowest BCUT2D eigenvalue weighted by Crippen LogP contribution is -2.47. The molecule has 1 aromatic rings. The topological polar surface area (TPSA) is 78.5 Å². The molecule has 0 aliphatic carbocycles. The summed E-state index contributed by atoms with van der Waals surface area (Å²) < 4.78 is 0.754. The second-order valence-corrected chi connectivity index (χ2v) is 7.29. The Kier molecular flexibility index (Phi) is 6.21. The third-order valence-electron chi connectivity index (χ3n) is 4.30. The van der Waals surface area contributed by atoms with Gasteiger partial charge in [0.25, 0.3) is 5.91 Å². The summed E-state index contributed by atoms with van der Waals surface area (Å²) in [7, 11) is 0. The fraction of sp³-hybridized carbons (Fsp3) is 0.500. The number of amides is 4. The smallest absolute Gasteiger partial charge is 0.323 e. The maximum Gasteiger partial charge on any atom is 0.325 e. The van der Waals surface area contributed by atoms with Gasteiger partial charge in [-0.15, -0.1) is 0 Å². The maximum atomic E-state index is 12.8. The number of hydrogen-bond donors (Lipinski definition) is 2. The number of aryl methyl sites for hydroxylation is 1. The van der Waals surface area contributed by atoms with Gasteiger partial charge in [0, 0.05) is 4.47 Å². The number of anilines is 1. The van der Waals surface area contributed by atoms with Crippen LogP contribution in [0.1, 0.15) is 45.1 Å². The number of halogens is 1. The molecule has 25 heavy (non-hydrogen) atoms. The van der Waals surface area contributed by atoms with Gasteiger partial charge in [-0.3, -0.25) is 14.5 Å². The average molecular weight is 410 g/mol. The van der Waals surface area contributed by atoms with Crippen molar-refractivity contribution < 1.29 is 14.4 Å². The molecule has 7 heteroatoms. The van der Waals surface area contributed by atoms with E-state index in [1.165, 1.54) is 0 Å². The fourth-order valence-corrected chi connectivity index (χ4v) is 3.78. The summed E-state index contributed by atoms with van der Waals surface area (Å²) in [4.78, 5) is 38.4. The van der Waals surface area contributed by atoms with Crippen molar-refractivity contribution >= 4 is 39.5 Å². The summed E-state index contributed by atoms with van der Waals surface area (Å²) in [6.07, 6.45) is 2.71. The second-order valence-electron chi connectivity index (χ2n) is 6.44. The minimum absolute atomic E-state index is 0.292. The van der Waals surface area contributed by atoms with E-state index in [9.17, 15) is 14.4 Å². The number of hydrogen-bond acceptors (Lipinski definition) is 3. The number of carbonyl (C=O) groups excluding carboxylic acids is 3. The minimum atomic E-state index is -0.870. The highest BCUT2D eigenvalue weighted by Gasteiger charge is 2.50. The molecule has 1 saturated heterocycles. The van der Waals surface area contributed by atoms with Gasteiger partial charge in [-0.1, -0.05) is 32.8 Å². The van der Waals surface area contributed by atoms with E-state index in [2.05, 4.69) is 26.6 Å². The molecule has 0 unspecified atom stereocenters. The Morgan fingerprint density at radius 1 is 1.24 bits per heavy atom. The number of carbonyl (C=O) groups is 3. The van der Waals surface area contributed by atoms with E-state index in [1.807, 2.05) is 32.9 Å². The molecule has 1 aliphatic heterocycles. The van der Waals surface area contributed by atoms with Crippen LogP contribution in [0.15, 0.2) is 22.7 Å². The van der Waals surface area contributed by atoms with Crippen molar-refractivity contribution in [3.8, 4) is 0 Å². The number of urea groups is 1. The van der Waals surface area contributed by atoms with Crippen molar-refractivity contribution in [1.29, 1.82) is 0 Å². The van der Waals surface area contributed by atoms with E-state index in [0.717, 1.165) is 27.8 Å². The van der Waals surface area contributed by atoms with Crippen LogP contribution in [-0.4, -0.2) is 34.8 Å². The monoisotopic (exact) mass is 409 g/mol. The summed E-state index contributed by atoms with van der Waals surface area (Å²) in [5.74, 6) is -0.712. The van der Waals surface area contributed by atoms with Crippen molar-refractivity contribution in [1.82, 2.24) is 10.2 Å². The van der Waals surface area contributed by atoms with Crippen LogP contribution in [-0.2, 0) is 9.59 Å². The van der Waals surface area contributed by atoms with Gasteiger partial charge in [-0.2, -0.15) is 0 Å². The van der Waals surface area contributed by atoms with Crippen LogP contribution in [0.25, 0.3) is 0 Å². The highest BCUT2D eigenvalue weighted by atomic mass is 79.9. The Bertz CT molecular complexity index is 684. The first-order valence-electron chi connectivity index (χ1n) is 8.53. The molecular formula is C18H24BrN3O3.